The minimum Gasteiger partial charge on any atom is -0.497 e. The maximum atomic E-state index is 12.7. The van der Waals surface area contributed by atoms with Gasteiger partial charge in [-0.1, -0.05) is 28.9 Å². The van der Waals surface area contributed by atoms with E-state index in [1.165, 1.54) is 0 Å². The third-order valence-electron chi connectivity index (χ3n) is 5.00. The smallest absolute Gasteiger partial charge is 0.261 e. The topological polar surface area (TPSA) is 77.7 Å². The molecule has 0 N–H and O–H groups in total. The number of likely N-dealkylation sites (tertiary alicyclic amines) is 1. The van der Waals surface area contributed by atoms with Crippen LogP contribution >= 0.6 is 0 Å². The Labute approximate surface area is 169 Å². The Morgan fingerprint density at radius 1 is 1.21 bits per heavy atom. The van der Waals surface area contributed by atoms with E-state index in [-0.39, 0.29) is 18.6 Å². The first-order valence-electron chi connectivity index (χ1n) is 9.61. The highest BCUT2D eigenvalue weighted by Gasteiger charge is 2.34. The van der Waals surface area contributed by atoms with Crippen molar-refractivity contribution in [2.24, 2.45) is 0 Å². The fourth-order valence-corrected chi connectivity index (χ4v) is 3.49. The van der Waals surface area contributed by atoms with Gasteiger partial charge in [0.2, 0.25) is 11.7 Å². The van der Waals surface area contributed by atoms with E-state index in [0.717, 1.165) is 29.7 Å². The van der Waals surface area contributed by atoms with E-state index >= 15 is 0 Å². The summed E-state index contributed by atoms with van der Waals surface area (Å²) < 4.78 is 16.3. The molecular formula is C22H23N3O4. The molecule has 29 heavy (non-hydrogen) atoms. The lowest BCUT2D eigenvalue weighted by molar-refractivity contribution is -0.134. The molecule has 0 unspecified atom stereocenters. The van der Waals surface area contributed by atoms with Crippen molar-refractivity contribution < 1.29 is 18.8 Å². The number of carbonyl (C=O) groups excluding carboxylic acids is 1. The first-order valence-corrected chi connectivity index (χ1v) is 9.61. The van der Waals surface area contributed by atoms with Crippen LogP contribution in [0.25, 0.3) is 11.4 Å². The van der Waals surface area contributed by atoms with Gasteiger partial charge in [-0.25, -0.2) is 0 Å². The molecule has 7 nitrogen and oxygen atoms in total. The van der Waals surface area contributed by atoms with Gasteiger partial charge in [0, 0.05) is 12.1 Å². The summed E-state index contributed by atoms with van der Waals surface area (Å²) in [6, 6.07) is 14.9. The van der Waals surface area contributed by atoms with E-state index in [9.17, 15) is 4.79 Å². The number of amides is 1. The van der Waals surface area contributed by atoms with E-state index < -0.39 is 0 Å². The van der Waals surface area contributed by atoms with Crippen molar-refractivity contribution in [1.82, 2.24) is 15.0 Å². The van der Waals surface area contributed by atoms with E-state index in [1.54, 1.807) is 36.3 Å². The lowest BCUT2D eigenvalue weighted by Gasteiger charge is -2.21. The SMILES string of the molecule is COc1ccc(OCC(=O)N2CCC[C@@H]2c2nc(-c3cccc(C)c3)no2)cc1. The van der Waals surface area contributed by atoms with Crippen LogP contribution in [0.2, 0.25) is 0 Å². The van der Waals surface area contributed by atoms with Crippen LogP contribution < -0.4 is 9.47 Å². The predicted octanol–water partition coefficient (Wildman–Crippen LogP) is 3.80. The number of benzene rings is 2. The number of rotatable bonds is 6. The summed E-state index contributed by atoms with van der Waals surface area (Å²) in [7, 11) is 1.61. The molecule has 1 aliphatic rings. The molecule has 0 spiro atoms. The number of ether oxygens (including phenoxy) is 2. The molecule has 0 aliphatic carbocycles. The zero-order valence-corrected chi connectivity index (χ0v) is 16.5. The van der Waals surface area contributed by atoms with Crippen molar-refractivity contribution in [2.75, 3.05) is 20.3 Å². The first kappa shape index (κ1) is 19.0. The molecule has 1 fully saturated rings. The lowest BCUT2D eigenvalue weighted by atomic mass is 10.1. The molecule has 3 aromatic rings. The first-order chi connectivity index (χ1) is 14.1. The third-order valence-corrected chi connectivity index (χ3v) is 5.00. The van der Waals surface area contributed by atoms with Crippen LogP contribution in [0, 0.1) is 6.92 Å². The maximum absolute atomic E-state index is 12.7. The summed E-state index contributed by atoms with van der Waals surface area (Å²) >= 11 is 0. The highest BCUT2D eigenvalue weighted by Crippen LogP contribution is 2.32. The maximum Gasteiger partial charge on any atom is 0.261 e. The molecule has 4 rings (SSSR count). The van der Waals surface area contributed by atoms with Crippen LogP contribution in [0.4, 0.5) is 0 Å². The second-order valence-electron chi connectivity index (χ2n) is 7.04. The van der Waals surface area contributed by atoms with Crippen LogP contribution in [0.5, 0.6) is 11.5 Å². The molecule has 0 bridgehead atoms. The second-order valence-corrected chi connectivity index (χ2v) is 7.04. The molecule has 2 aromatic carbocycles. The van der Waals surface area contributed by atoms with Crippen molar-refractivity contribution in [3.05, 3.63) is 60.0 Å². The molecule has 150 valence electrons. The number of hydrogen-bond acceptors (Lipinski definition) is 6. The molecule has 0 radical (unpaired) electrons. The Hall–Kier alpha value is -3.35. The molecule has 1 atom stereocenters. The van der Waals surface area contributed by atoms with Gasteiger partial charge in [0.1, 0.15) is 17.5 Å². The molecule has 2 heterocycles. The fraction of sp³-hybridized carbons (Fsp3) is 0.318. The highest BCUT2D eigenvalue weighted by molar-refractivity contribution is 5.78. The van der Waals surface area contributed by atoms with Gasteiger partial charge in [-0.2, -0.15) is 4.98 Å². The number of nitrogens with zero attached hydrogens (tertiary/aromatic N) is 3. The summed E-state index contributed by atoms with van der Waals surface area (Å²) in [4.78, 5) is 19.0. The summed E-state index contributed by atoms with van der Waals surface area (Å²) in [5, 5.41) is 4.11. The summed E-state index contributed by atoms with van der Waals surface area (Å²) in [6.07, 6.45) is 1.69. The number of methoxy groups -OCH3 is 1. The summed E-state index contributed by atoms with van der Waals surface area (Å²) in [6.45, 7) is 2.63. The van der Waals surface area contributed by atoms with Crippen molar-refractivity contribution in [2.45, 2.75) is 25.8 Å². The molecule has 1 aromatic heterocycles. The lowest BCUT2D eigenvalue weighted by Crippen LogP contribution is -2.34. The van der Waals surface area contributed by atoms with Crippen LogP contribution in [-0.4, -0.2) is 41.2 Å². The van der Waals surface area contributed by atoms with Crippen molar-refractivity contribution >= 4 is 5.91 Å². The van der Waals surface area contributed by atoms with Gasteiger partial charge in [0.05, 0.1) is 7.11 Å². The Morgan fingerprint density at radius 2 is 2.00 bits per heavy atom. The number of carbonyl (C=O) groups is 1. The van der Waals surface area contributed by atoms with E-state index in [1.807, 2.05) is 31.2 Å². The molecular weight excluding hydrogens is 370 g/mol. The molecule has 1 aliphatic heterocycles. The zero-order valence-electron chi connectivity index (χ0n) is 16.5. The predicted molar refractivity (Wildman–Crippen MR) is 107 cm³/mol. The highest BCUT2D eigenvalue weighted by atomic mass is 16.5. The molecule has 0 saturated carbocycles. The van der Waals surface area contributed by atoms with Gasteiger partial charge in [0.25, 0.3) is 5.91 Å². The molecule has 7 heteroatoms. The fourth-order valence-electron chi connectivity index (χ4n) is 3.49. The van der Waals surface area contributed by atoms with Gasteiger partial charge in [-0.15, -0.1) is 0 Å². The normalized spacial score (nSPS) is 16.1. The quantitative estimate of drug-likeness (QED) is 0.634. The van der Waals surface area contributed by atoms with E-state index in [2.05, 4.69) is 10.1 Å². The summed E-state index contributed by atoms with van der Waals surface area (Å²) in [5.41, 5.74) is 2.03. The third kappa shape index (κ3) is 4.23. The minimum atomic E-state index is -0.215. The minimum absolute atomic E-state index is 0.0400. The Balaban J connectivity index is 1.42. The van der Waals surface area contributed by atoms with Gasteiger partial charge in [-0.05, 0) is 50.1 Å². The van der Waals surface area contributed by atoms with Crippen LogP contribution in [0.3, 0.4) is 0 Å². The van der Waals surface area contributed by atoms with Crippen molar-refractivity contribution in [3.63, 3.8) is 0 Å². The van der Waals surface area contributed by atoms with Crippen LogP contribution in [0.15, 0.2) is 53.1 Å². The van der Waals surface area contributed by atoms with Crippen LogP contribution in [0.1, 0.15) is 30.3 Å². The number of aromatic nitrogens is 2. The largest absolute Gasteiger partial charge is 0.497 e. The van der Waals surface area contributed by atoms with Crippen LogP contribution in [-0.2, 0) is 4.79 Å². The zero-order chi connectivity index (χ0) is 20.2. The van der Waals surface area contributed by atoms with E-state index in [4.69, 9.17) is 14.0 Å². The monoisotopic (exact) mass is 393 g/mol. The summed E-state index contributed by atoms with van der Waals surface area (Å²) in [5.74, 6) is 2.27. The van der Waals surface area contributed by atoms with Crippen molar-refractivity contribution in [3.8, 4) is 22.9 Å². The standard InChI is InChI=1S/C22H23N3O4/c1-15-5-3-6-16(13-15)21-23-22(29-24-21)19-7-4-12-25(19)20(26)14-28-18-10-8-17(27-2)9-11-18/h3,5-6,8-11,13,19H,4,7,12,14H2,1-2H3/t19-/m1/s1. The van der Waals surface area contributed by atoms with Gasteiger partial charge in [-0.3, -0.25) is 4.79 Å². The molecule has 1 saturated heterocycles. The van der Waals surface area contributed by atoms with Gasteiger partial charge in [0.15, 0.2) is 6.61 Å². The van der Waals surface area contributed by atoms with Gasteiger partial charge < -0.3 is 18.9 Å². The number of aryl methyl sites for hydroxylation is 1. The molecule has 1 amide bonds. The van der Waals surface area contributed by atoms with E-state index in [0.29, 0.717) is 24.0 Å². The Bertz CT molecular complexity index is 984. The Morgan fingerprint density at radius 3 is 2.76 bits per heavy atom. The average Bonchev–Trinajstić information content (AvgIpc) is 3.42. The van der Waals surface area contributed by atoms with Gasteiger partial charge >= 0.3 is 0 Å². The second kappa shape index (κ2) is 8.34. The average molecular weight is 393 g/mol. The Kier molecular flexibility index (Phi) is 5.46. The number of hydrogen-bond donors (Lipinski definition) is 0. The van der Waals surface area contributed by atoms with Crippen molar-refractivity contribution in [1.29, 1.82) is 0 Å².